The fourth-order valence-electron chi connectivity index (χ4n) is 3.42. The van der Waals surface area contributed by atoms with E-state index in [-0.39, 0.29) is 5.78 Å². The molecule has 1 heterocycles. The Balaban J connectivity index is 1.96. The van der Waals surface area contributed by atoms with Crippen LogP contribution in [-0.2, 0) is 0 Å². The number of likely N-dealkylation sites (tertiary alicyclic amines) is 1. The molecular weight excluding hydrogens is 258 g/mol. The molecule has 0 aromatic heterocycles. The van der Waals surface area contributed by atoms with E-state index in [0.717, 1.165) is 36.1 Å². The fraction of sp³-hybridized carbons (Fsp3) is 0.632. The van der Waals surface area contributed by atoms with E-state index in [0.29, 0.717) is 6.54 Å². The van der Waals surface area contributed by atoms with E-state index in [1.807, 2.05) is 19.1 Å². The SMILES string of the molecule is Cc1ccc(C(=O)CN2CCCC(C(C)C)CC2)c(C)c1. The van der Waals surface area contributed by atoms with E-state index in [1.165, 1.54) is 24.8 Å². The lowest BCUT2D eigenvalue weighted by Gasteiger charge is -2.21. The molecule has 1 aliphatic rings. The van der Waals surface area contributed by atoms with Crippen LogP contribution in [0.1, 0.15) is 54.6 Å². The monoisotopic (exact) mass is 287 g/mol. The number of nitrogens with zero attached hydrogens (tertiary/aromatic N) is 1. The molecule has 2 nitrogen and oxygen atoms in total. The summed E-state index contributed by atoms with van der Waals surface area (Å²) in [5.74, 6) is 1.86. The Labute approximate surface area is 129 Å². The van der Waals surface area contributed by atoms with E-state index < -0.39 is 0 Å². The molecule has 0 N–H and O–H groups in total. The highest BCUT2D eigenvalue weighted by Gasteiger charge is 2.21. The van der Waals surface area contributed by atoms with E-state index in [4.69, 9.17) is 0 Å². The summed E-state index contributed by atoms with van der Waals surface area (Å²) in [5, 5.41) is 0. The van der Waals surface area contributed by atoms with Crippen molar-refractivity contribution in [3.8, 4) is 0 Å². The van der Waals surface area contributed by atoms with E-state index >= 15 is 0 Å². The third-order valence-electron chi connectivity index (χ3n) is 4.86. The van der Waals surface area contributed by atoms with Gasteiger partial charge in [0.25, 0.3) is 0 Å². The maximum absolute atomic E-state index is 12.5. The van der Waals surface area contributed by atoms with E-state index in [1.54, 1.807) is 0 Å². The predicted molar refractivity (Wildman–Crippen MR) is 88.9 cm³/mol. The van der Waals surface area contributed by atoms with Gasteiger partial charge in [0.2, 0.25) is 0 Å². The Hall–Kier alpha value is -1.15. The summed E-state index contributed by atoms with van der Waals surface area (Å²) in [4.78, 5) is 14.9. The van der Waals surface area contributed by atoms with Gasteiger partial charge < -0.3 is 0 Å². The molecular formula is C19H29NO. The Morgan fingerprint density at radius 1 is 1.24 bits per heavy atom. The highest BCUT2D eigenvalue weighted by atomic mass is 16.1. The van der Waals surface area contributed by atoms with Gasteiger partial charge in [-0.2, -0.15) is 0 Å². The molecule has 116 valence electrons. The largest absolute Gasteiger partial charge is 0.296 e. The molecule has 1 aromatic carbocycles. The standard InChI is InChI=1S/C19H29NO/c1-14(2)17-6-5-10-20(11-9-17)13-19(21)18-8-7-15(3)12-16(18)4/h7-8,12,14,17H,5-6,9-11,13H2,1-4H3. The molecule has 1 unspecified atom stereocenters. The lowest BCUT2D eigenvalue weighted by Crippen LogP contribution is -2.31. The molecule has 0 amide bonds. The number of hydrogen-bond acceptors (Lipinski definition) is 2. The summed E-state index contributed by atoms with van der Waals surface area (Å²) in [6.07, 6.45) is 3.77. The van der Waals surface area contributed by atoms with Crippen LogP contribution < -0.4 is 0 Å². The van der Waals surface area contributed by atoms with Gasteiger partial charge in [-0.3, -0.25) is 9.69 Å². The third-order valence-corrected chi connectivity index (χ3v) is 4.86. The number of carbonyl (C=O) groups is 1. The van der Waals surface area contributed by atoms with Crippen molar-refractivity contribution < 1.29 is 4.79 Å². The summed E-state index contributed by atoms with van der Waals surface area (Å²) in [6, 6.07) is 6.13. The van der Waals surface area contributed by atoms with Crippen LogP contribution in [0.4, 0.5) is 0 Å². The van der Waals surface area contributed by atoms with Crippen molar-refractivity contribution in [2.45, 2.75) is 47.0 Å². The highest BCUT2D eigenvalue weighted by Crippen LogP contribution is 2.24. The lowest BCUT2D eigenvalue weighted by molar-refractivity contribution is 0.0931. The van der Waals surface area contributed by atoms with Crippen LogP contribution in [0.3, 0.4) is 0 Å². The summed E-state index contributed by atoms with van der Waals surface area (Å²) >= 11 is 0. The van der Waals surface area contributed by atoms with Gasteiger partial charge in [-0.25, -0.2) is 0 Å². The molecule has 0 bridgehead atoms. The molecule has 1 aromatic rings. The van der Waals surface area contributed by atoms with Gasteiger partial charge in [0, 0.05) is 5.56 Å². The molecule has 1 saturated heterocycles. The smallest absolute Gasteiger partial charge is 0.177 e. The summed E-state index contributed by atoms with van der Waals surface area (Å²) in [7, 11) is 0. The normalized spacial score (nSPS) is 20.5. The Morgan fingerprint density at radius 2 is 2.00 bits per heavy atom. The molecule has 1 aliphatic heterocycles. The van der Waals surface area contributed by atoms with Crippen LogP contribution >= 0.6 is 0 Å². The number of benzene rings is 1. The van der Waals surface area contributed by atoms with Gasteiger partial charge in [0.05, 0.1) is 6.54 Å². The number of ketones is 1. The van der Waals surface area contributed by atoms with Crippen LogP contribution in [0.2, 0.25) is 0 Å². The Bertz CT molecular complexity index is 492. The minimum absolute atomic E-state index is 0.274. The van der Waals surface area contributed by atoms with Crippen molar-refractivity contribution >= 4 is 5.78 Å². The van der Waals surface area contributed by atoms with Gasteiger partial charge in [-0.15, -0.1) is 0 Å². The second kappa shape index (κ2) is 7.22. The highest BCUT2D eigenvalue weighted by molar-refractivity contribution is 5.98. The van der Waals surface area contributed by atoms with Gasteiger partial charge in [-0.1, -0.05) is 37.6 Å². The average Bonchev–Trinajstić information content (AvgIpc) is 2.64. The van der Waals surface area contributed by atoms with E-state index in [2.05, 4.69) is 31.7 Å². The molecule has 0 spiro atoms. The van der Waals surface area contributed by atoms with Crippen LogP contribution in [0.15, 0.2) is 18.2 Å². The van der Waals surface area contributed by atoms with Crippen molar-refractivity contribution in [2.75, 3.05) is 19.6 Å². The predicted octanol–water partition coefficient (Wildman–Crippen LogP) is 4.24. The first kappa shape index (κ1) is 16.2. The molecule has 2 rings (SSSR count). The topological polar surface area (TPSA) is 20.3 Å². The van der Waals surface area contributed by atoms with Crippen molar-refractivity contribution in [3.05, 3.63) is 34.9 Å². The van der Waals surface area contributed by atoms with Gasteiger partial charge >= 0.3 is 0 Å². The molecule has 21 heavy (non-hydrogen) atoms. The Morgan fingerprint density at radius 3 is 2.67 bits per heavy atom. The van der Waals surface area contributed by atoms with Crippen molar-refractivity contribution in [2.24, 2.45) is 11.8 Å². The van der Waals surface area contributed by atoms with Gasteiger partial charge in [0.1, 0.15) is 0 Å². The van der Waals surface area contributed by atoms with Crippen LogP contribution in [0.5, 0.6) is 0 Å². The quantitative estimate of drug-likeness (QED) is 0.772. The first-order chi connectivity index (χ1) is 9.97. The third kappa shape index (κ3) is 4.41. The number of Topliss-reactive ketones (excluding diaryl/α,β-unsaturated/α-hetero) is 1. The maximum Gasteiger partial charge on any atom is 0.177 e. The molecule has 2 heteroatoms. The maximum atomic E-state index is 12.5. The second-order valence-corrected chi connectivity index (χ2v) is 6.95. The average molecular weight is 287 g/mol. The molecule has 0 radical (unpaired) electrons. The number of aryl methyl sites for hydroxylation is 2. The zero-order valence-corrected chi connectivity index (χ0v) is 14.0. The number of carbonyl (C=O) groups excluding carboxylic acids is 1. The summed E-state index contributed by atoms with van der Waals surface area (Å²) in [6.45, 7) is 11.5. The first-order valence-corrected chi connectivity index (χ1v) is 8.30. The zero-order chi connectivity index (χ0) is 15.4. The summed E-state index contributed by atoms with van der Waals surface area (Å²) in [5.41, 5.74) is 3.22. The molecule has 0 aliphatic carbocycles. The Kier molecular flexibility index (Phi) is 5.58. The van der Waals surface area contributed by atoms with Crippen LogP contribution in [-0.4, -0.2) is 30.3 Å². The zero-order valence-electron chi connectivity index (χ0n) is 14.0. The van der Waals surface area contributed by atoms with Crippen LogP contribution in [0, 0.1) is 25.7 Å². The summed E-state index contributed by atoms with van der Waals surface area (Å²) < 4.78 is 0. The number of hydrogen-bond donors (Lipinski definition) is 0. The van der Waals surface area contributed by atoms with Crippen molar-refractivity contribution in [1.29, 1.82) is 0 Å². The lowest BCUT2D eigenvalue weighted by atomic mass is 9.89. The van der Waals surface area contributed by atoms with E-state index in [9.17, 15) is 4.79 Å². The number of rotatable bonds is 4. The minimum atomic E-state index is 0.274. The molecule has 0 saturated carbocycles. The minimum Gasteiger partial charge on any atom is -0.296 e. The molecule has 1 fully saturated rings. The van der Waals surface area contributed by atoms with Crippen molar-refractivity contribution in [1.82, 2.24) is 4.90 Å². The van der Waals surface area contributed by atoms with Gasteiger partial charge in [0.15, 0.2) is 5.78 Å². The second-order valence-electron chi connectivity index (χ2n) is 6.95. The van der Waals surface area contributed by atoms with Crippen molar-refractivity contribution in [3.63, 3.8) is 0 Å². The fourth-order valence-corrected chi connectivity index (χ4v) is 3.42. The van der Waals surface area contributed by atoms with Crippen LogP contribution in [0.25, 0.3) is 0 Å². The molecule has 1 atom stereocenters. The first-order valence-electron chi connectivity index (χ1n) is 8.30. The van der Waals surface area contributed by atoms with Gasteiger partial charge in [-0.05, 0) is 63.6 Å².